The lowest BCUT2D eigenvalue weighted by atomic mass is 9.90. The highest BCUT2D eigenvalue weighted by Crippen LogP contribution is 2.39. The molecule has 7 nitrogen and oxygen atoms in total. The summed E-state index contributed by atoms with van der Waals surface area (Å²) in [5.41, 5.74) is 2.30. The van der Waals surface area contributed by atoms with E-state index < -0.39 is 6.09 Å². The van der Waals surface area contributed by atoms with Crippen LogP contribution in [-0.4, -0.2) is 30.4 Å². The van der Waals surface area contributed by atoms with Crippen LogP contribution in [0.4, 0.5) is 10.5 Å². The maximum atomic E-state index is 12.2. The number of ether oxygens (including phenoxy) is 1. The normalized spacial score (nSPS) is 18.5. The smallest absolute Gasteiger partial charge is 0.407 e. The van der Waals surface area contributed by atoms with Gasteiger partial charge in [0.15, 0.2) is 12.0 Å². The Morgan fingerprint density at radius 2 is 2.04 bits per heavy atom. The molecule has 0 saturated carbocycles. The van der Waals surface area contributed by atoms with Crippen LogP contribution >= 0.6 is 0 Å². The third-order valence-corrected chi connectivity index (χ3v) is 4.68. The number of nitrogens with one attached hydrogen (secondary N) is 1. The molecule has 2 atom stereocenters. The van der Waals surface area contributed by atoms with Gasteiger partial charge in [-0.15, -0.1) is 0 Å². The Bertz CT molecular complexity index is 902. The number of nitrogens with zero attached hydrogens (tertiary/aromatic N) is 1. The Hall–Kier alpha value is -3.09. The van der Waals surface area contributed by atoms with E-state index in [4.69, 9.17) is 9.15 Å². The van der Waals surface area contributed by atoms with Gasteiger partial charge in [0.25, 0.3) is 0 Å². The zero-order valence-electron chi connectivity index (χ0n) is 16.4. The molecule has 0 fully saturated rings. The molecule has 1 unspecified atom stereocenters. The molecule has 28 heavy (non-hydrogen) atoms. The molecule has 1 aromatic carbocycles. The first-order valence-corrected chi connectivity index (χ1v) is 9.26. The van der Waals surface area contributed by atoms with Gasteiger partial charge in [0, 0.05) is 24.2 Å². The summed E-state index contributed by atoms with van der Waals surface area (Å²) >= 11 is 0. The van der Waals surface area contributed by atoms with Crippen molar-refractivity contribution in [2.75, 3.05) is 4.90 Å². The lowest BCUT2D eigenvalue weighted by Gasteiger charge is -2.39. The minimum atomic E-state index is -0.499. The van der Waals surface area contributed by atoms with Crippen molar-refractivity contribution in [2.45, 2.75) is 52.3 Å². The molecule has 2 amide bonds. The van der Waals surface area contributed by atoms with Crippen LogP contribution in [0.5, 0.6) is 0 Å². The molecule has 7 heteroatoms. The summed E-state index contributed by atoms with van der Waals surface area (Å²) in [5, 5.41) is 2.91. The molecular formula is C21H24N2O5. The van der Waals surface area contributed by atoms with Crippen molar-refractivity contribution in [1.82, 2.24) is 5.32 Å². The second-order valence-electron chi connectivity index (χ2n) is 7.22. The van der Waals surface area contributed by atoms with Crippen molar-refractivity contribution in [2.24, 2.45) is 0 Å². The first-order chi connectivity index (χ1) is 13.3. The lowest BCUT2D eigenvalue weighted by molar-refractivity contribution is -0.117. The number of carbonyl (C=O) groups is 3. The van der Waals surface area contributed by atoms with Gasteiger partial charge in [0.05, 0.1) is 12.1 Å². The van der Waals surface area contributed by atoms with E-state index in [0.29, 0.717) is 18.5 Å². The van der Waals surface area contributed by atoms with E-state index in [1.165, 1.54) is 6.92 Å². The van der Waals surface area contributed by atoms with Crippen molar-refractivity contribution < 1.29 is 23.5 Å². The lowest BCUT2D eigenvalue weighted by Crippen LogP contribution is -2.45. The molecular weight excluding hydrogens is 360 g/mol. The van der Waals surface area contributed by atoms with E-state index in [1.54, 1.807) is 30.9 Å². The molecule has 1 aliphatic rings. The van der Waals surface area contributed by atoms with Crippen LogP contribution in [0.25, 0.3) is 11.3 Å². The number of aldehydes is 1. The zero-order valence-corrected chi connectivity index (χ0v) is 16.4. The highest BCUT2D eigenvalue weighted by atomic mass is 16.6. The number of rotatable bonds is 4. The maximum absolute atomic E-state index is 12.2. The van der Waals surface area contributed by atoms with E-state index in [2.05, 4.69) is 5.32 Å². The van der Waals surface area contributed by atoms with Crippen molar-refractivity contribution >= 4 is 24.0 Å². The molecule has 0 spiro atoms. The summed E-state index contributed by atoms with van der Waals surface area (Å²) in [4.78, 5) is 37.0. The number of anilines is 1. The number of amides is 2. The van der Waals surface area contributed by atoms with Gasteiger partial charge in [-0.2, -0.15) is 0 Å². The molecule has 3 rings (SSSR count). The number of hydrogen-bond acceptors (Lipinski definition) is 5. The van der Waals surface area contributed by atoms with E-state index in [1.807, 2.05) is 25.1 Å². The Kier molecular flexibility index (Phi) is 5.53. The van der Waals surface area contributed by atoms with Gasteiger partial charge in [-0.25, -0.2) is 4.79 Å². The van der Waals surface area contributed by atoms with E-state index in [9.17, 15) is 14.4 Å². The summed E-state index contributed by atoms with van der Waals surface area (Å²) in [6, 6.07) is 8.48. The first kappa shape index (κ1) is 19.7. The van der Waals surface area contributed by atoms with Crippen molar-refractivity contribution in [3.8, 4) is 11.3 Å². The molecule has 2 aromatic rings. The molecule has 1 N–H and O–H groups in total. The Balaban J connectivity index is 2.01. The molecule has 0 bridgehead atoms. The molecule has 1 aliphatic heterocycles. The number of alkyl carbamates (subject to hydrolysis) is 1. The number of furan rings is 1. The summed E-state index contributed by atoms with van der Waals surface area (Å²) in [7, 11) is 0. The Labute approximate surface area is 163 Å². The van der Waals surface area contributed by atoms with E-state index >= 15 is 0 Å². The fraction of sp³-hybridized carbons (Fsp3) is 0.381. The molecule has 148 valence electrons. The SMILES string of the molecule is CC(=O)N1c2ccc(-c3ccc(C=O)o3)cc2C(NC(=O)OC(C)C)C[C@H]1C. The van der Waals surface area contributed by atoms with Crippen molar-refractivity contribution in [1.29, 1.82) is 0 Å². The minimum Gasteiger partial charge on any atom is -0.453 e. The van der Waals surface area contributed by atoms with Crippen LogP contribution < -0.4 is 10.2 Å². The molecule has 0 radical (unpaired) electrons. The molecule has 2 heterocycles. The Morgan fingerprint density at radius 1 is 1.29 bits per heavy atom. The van der Waals surface area contributed by atoms with Crippen LogP contribution in [0.15, 0.2) is 34.7 Å². The molecule has 0 aliphatic carbocycles. The van der Waals surface area contributed by atoms with Gasteiger partial charge >= 0.3 is 6.09 Å². The molecule has 1 aromatic heterocycles. The summed E-state index contributed by atoms with van der Waals surface area (Å²) in [6.07, 6.45) is 0.473. The predicted molar refractivity (Wildman–Crippen MR) is 104 cm³/mol. The molecule has 0 saturated heterocycles. The fourth-order valence-corrected chi connectivity index (χ4v) is 3.60. The predicted octanol–water partition coefficient (Wildman–Crippen LogP) is 4.08. The zero-order chi connectivity index (χ0) is 20.4. The van der Waals surface area contributed by atoms with E-state index in [0.717, 1.165) is 16.8 Å². The van der Waals surface area contributed by atoms with Crippen LogP contribution in [0.1, 0.15) is 56.3 Å². The third-order valence-electron chi connectivity index (χ3n) is 4.68. The van der Waals surface area contributed by atoms with Gasteiger partial charge in [0.1, 0.15) is 5.76 Å². The highest BCUT2D eigenvalue weighted by molar-refractivity contribution is 5.94. The number of benzene rings is 1. The maximum Gasteiger partial charge on any atom is 0.407 e. The second kappa shape index (κ2) is 7.88. The Morgan fingerprint density at radius 3 is 2.64 bits per heavy atom. The average Bonchev–Trinajstić information content (AvgIpc) is 3.09. The van der Waals surface area contributed by atoms with Gasteiger partial charge in [-0.1, -0.05) is 0 Å². The number of hydrogen-bond donors (Lipinski definition) is 1. The van der Waals surface area contributed by atoms with Crippen LogP contribution in [0, 0.1) is 0 Å². The van der Waals surface area contributed by atoms with Gasteiger partial charge < -0.3 is 19.4 Å². The summed E-state index contributed by atoms with van der Waals surface area (Å²) in [5.74, 6) is 0.717. The monoisotopic (exact) mass is 384 g/mol. The topological polar surface area (TPSA) is 88.9 Å². The van der Waals surface area contributed by atoms with Crippen molar-refractivity contribution in [3.05, 3.63) is 41.7 Å². The third kappa shape index (κ3) is 3.93. The van der Waals surface area contributed by atoms with Crippen LogP contribution in [0.2, 0.25) is 0 Å². The summed E-state index contributed by atoms with van der Waals surface area (Å²) in [6.45, 7) is 7.05. The quantitative estimate of drug-likeness (QED) is 0.803. The van der Waals surface area contributed by atoms with Gasteiger partial charge in [0.2, 0.25) is 5.91 Å². The van der Waals surface area contributed by atoms with Gasteiger partial charge in [-0.05, 0) is 63.1 Å². The van der Waals surface area contributed by atoms with Crippen LogP contribution in [0.3, 0.4) is 0 Å². The van der Waals surface area contributed by atoms with Gasteiger partial charge in [-0.3, -0.25) is 9.59 Å². The highest BCUT2D eigenvalue weighted by Gasteiger charge is 2.34. The largest absolute Gasteiger partial charge is 0.453 e. The minimum absolute atomic E-state index is 0.0639. The standard InChI is InChI=1S/C21H24N2O5/c1-12(2)27-21(26)22-18-9-13(3)23(14(4)25)19-7-5-15(10-17(18)19)20-8-6-16(11-24)28-20/h5-8,10-13,18H,9H2,1-4H3,(H,22,26)/t13-,18?/m1/s1. The number of fused-ring (bicyclic) bond motifs is 1. The average molecular weight is 384 g/mol. The first-order valence-electron chi connectivity index (χ1n) is 9.26. The fourth-order valence-electron chi connectivity index (χ4n) is 3.60. The summed E-state index contributed by atoms with van der Waals surface area (Å²) < 4.78 is 10.7. The van der Waals surface area contributed by atoms with E-state index in [-0.39, 0.29) is 29.9 Å². The number of carbonyl (C=O) groups excluding carboxylic acids is 3. The van der Waals surface area contributed by atoms with Crippen LogP contribution in [-0.2, 0) is 9.53 Å². The van der Waals surface area contributed by atoms with Crippen molar-refractivity contribution in [3.63, 3.8) is 0 Å². The second-order valence-corrected chi connectivity index (χ2v) is 7.22.